The standard InChI is InChI=1S/C21H18N4OS/c1-14-8-6-7-11-16(14)20(26)24-21-23-17(15-9-4-3-5-10-15)18(27-21)19-22-12-13-25(19)2/h3-13H,1-2H3,(H,23,24,26). The molecule has 0 saturated carbocycles. The molecule has 6 heteroatoms. The summed E-state index contributed by atoms with van der Waals surface area (Å²) >= 11 is 1.43. The lowest BCUT2D eigenvalue weighted by Gasteiger charge is -2.04. The highest BCUT2D eigenvalue weighted by Gasteiger charge is 2.19. The van der Waals surface area contributed by atoms with Crippen molar-refractivity contribution in [2.75, 3.05) is 5.32 Å². The van der Waals surface area contributed by atoms with Gasteiger partial charge in [-0.15, -0.1) is 0 Å². The van der Waals surface area contributed by atoms with Crippen LogP contribution in [-0.4, -0.2) is 20.4 Å². The topological polar surface area (TPSA) is 59.8 Å². The third-order valence-corrected chi connectivity index (χ3v) is 5.28. The molecular weight excluding hydrogens is 356 g/mol. The first-order valence-corrected chi connectivity index (χ1v) is 9.36. The molecule has 0 radical (unpaired) electrons. The number of aryl methyl sites for hydroxylation is 2. The molecule has 2 heterocycles. The van der Waals surface area contributed by atoms with Crippen LogP contribution < -0.4 is 5.32 Å². The molecule has 134 valence electrons. The number of carbonyl (C=O) groups is 1. The predicted molar refractivity (Wildman–Crippen MR) is 109 cm³/mol. The number of aromatic nitrogens is 3. The van der Waals surface area contributed by atoms with Crippen LogP contribution in [0.2, 0.25) is 0 Å². The van der Waals surface area contributed by atoms with Crippen molar-refractivity contribution in [2.45, 2.75) is 6.92 Å². The number of imidazole rings is 1. The van der Waals surface area contributed by atoms with Crippen molar-refractivity contribution < 1.29 is 4.79 Å². The van der Waals surface area contributed by atoms with Gasteiger partial charge < -0.3 is 4.57 Å². The molecule has 1 amide bonds. The summed E-state index contributed by atoms with van der Waals surface area (Å²) in [4.78, 5) is 22.8. The Morgan fingerprint density at radius 2 is 1.81 bits per heavy atom. The van der Waals surface area contributed by atoms with Gasteiger partial charge in [-0.2, -0.15) is 0 Å². The van der Waals surface area contributed by atoms with Gasteiger partial charge in [0.1, 0.15) is 0 Å². The van der Waals surface area contributed by atoms with Crippen LogP contribution in [0.25, 0.3) is 22.0 Å². The van der Waals surface area contributed by atoms with Crippen molar-refractivity contribution in [3.05, 3.63) is 78.1 Å². The van der Waals surface area contributed by atoms with Crippen molar-refractivity contribution in [1.29, 1.82) is 0 Å². The van der Waals surface area contributed by atoms with E-state index in [0.29, 0.717) is 10.7 Å². The molecule has 0 spiro atoms. The van der Waals surface area contributed by atoms with Crippen molar-refractivity contribution in [1.82, 2.24) is 14.5 Å². The molecule has 4 aromatic rings. The molecular formula is C21H18N4OS. The number of thiazole rings is 1. The fourth-order valence-electron chi connectivity index (χ4n) is 2.89. The van der Waals surface area contributed by atoms with Crippen LogP contribution in [0.4, 0.5) is 5.13 Å². The fourth-order valence-corrected chi connectivity index (χ4v) is 3.92. The lowest BCUT2D eigenvalue weighted by Crippen LogP contribution is -2.12. The minimum atomic E-state index is -0.159. The van der Waals surface area contributed by atoms with E-state index in [1.165, 1.54) is 11.3 Å². The number of nitrogens with zero attached hydrogens (tertiary/aromatic N) is 3. The third-order valence-electron chi connectivity index (χ3n) is 4.31. The molecule has 2 aromatic carbocycles. The van der Waals surface area contributed by atoms with E-state index >= 15 is 0 Å². The van der Waals surface area contributed by atoms with Gasteiger partial charge in [-0.1, -0.05) is 59.9 Å². The summed E-state index contributed by atoms with van der Waals surface area (Å²) in [5.41, 5.74) is 3.38. The highest BCUT2D eigenvalue weighted by molar-refractivity contribution is 7.19. The normalized spacial score (nSPS) is 10.7. The van der Waals surface area contributed by atoms with E-state index < -0.39 is 0 Å². The third kappa shape index (κ3) is 3.39. The summed E-state index contributed by atoms with van der Waals surface area (Å²) in [5, 5.41) is 3.50. The van der Waals surface area contributed by atoms with E-state index in [9.17, 15) is 4.79 Å². The van der Waals surface area contributed by atoms with E-state index in [1.807, 2.05) is 79.3 Å². The molecule has 1 N–H and O–H groups in total. The van der Waals surface area contributed by atoms with E-state index in [-0.39, 0.29) is 5.91 Å². The molecule has 0 aliphatic carbocycles. The molecule has 0 bridgehead atoms. The van der Waals surface area contributed by atoms with Gasteiger partial charge in [0.05, 0.1) is 10.6 Å². The van der Waals surface area contributed by atoms with Crippen molar-refractivity contribution >= 4 is 22.4 Å². The monoisotopic (exact) mass is 374 g/mol. The van der Waals surface area contributed by atoms with Crippen molar-refractivity contribution in [3.63, 3.8) is 0 Å². The molecule has 0 fully saturated rings. The van der Waals surface area contributed by atoms with Crippen LogP contribution in [0.5, 0.6) is 0 Å². The summed E-state index contributed by atoms with van der Waals surface area (Å²) in [6.45, 7) is 1.92. The Balaban J connectivity index is 1.75. The molecule has 0 aliphatic rings. The number of rotatable bonds is 4. The van der Waals surface area contributed by atoms with Gasteiger partial charge in [-0.3, -0.25) is 10.1 Å². The number of anilines is 1. The van der Waals surface area contributed by atoms with Crippen LogP contribution in [0.3, 0.4) is 0 Å². The molecule has 2 aromatic heterocycles. The molecule has 4 rings (SSSR count). The summed E-state index contributed by atoms with van der Waals surface area (Å²) < 4.78 is 1.95. The van der Waals surface area contributed by atoms with E-state index in [1.54, 1.807) is 6.20 Å². The van der Waals surface area contributed by atoms with Crippen LogP contribution in [0.15, 0.2) is 67.0 Å². The molecule has 0 unspecified atom stereocenters. The quantitative estimate of drug-likeness (QED) is 0.560. The summed E-state index contributed by atoms with van der Waals surface area (Å²) in [6, 6.07) is 17.5. The maximum absolute atomic E-state index is 12.7. The Morgan fingerprint density at radius 3 is 2.52 bits per heavy atom. The number of carbonyl (C=O) groups excluding carboxylic acids is 1. The van der Waals surface area contributed by atoms with Crippen molar-refractivity contribution in [3.8, 4) is 22.0 Å². The lowest BCUT2D eigenvalue weighted by atomic mass is 10.1. The van der Waals surface area contributed by atoms with Crippen LogP contribution in [-0.2, 0) is 7.05 Å². The first kappa shape index (κ1) is 17.2. The second-order valence-electron chi connectivity index (χ2n) is 6.19. The maximum Gasteiger partial charge on any atom is 0.257 e. The predicted octanol–water partition coefficient (Wildman–Crippen LogP) is 4.77. The molecule has 0 saturated heterocycles. The molecule has 0 atom stereocenters. The molecule has 5 nitrogen and oxygen atoms in total. The fraction of sp³-hybridized carbons (Fsp3) is 0.0952. The molecule has 27 heavy (non-hydrogen) atoms. The average Bonchev–Trinajstić information content (AvgIpc) is 3.28. The first-order valence-electron chi connectivity index (χ1n) is 8.54. The summed E-state index contributed by atoms with van der Waals surface area (Å²) in [7, 11) is 1.95. The second kappa shape index (κ2) is 7.17. The Morgan fingerprint density at radius 1 is 1.07 bits per heavy atom. The first-order chi connectivity index (χ1) is 13.1. The number of hydrogen-bond donors (Lipinski definition) is 1. The van der Waals surface area contributed by atoms with E-state index in [4.69, 9.17) is 4.98 Å². The second-order valence-corrected chi connectivity index (χ2v) is 7.19. The van der Waals surface area contributed by atoms with Gasteiger partial charge >= 0.3 is 0 Å². The van der Waals surface area contributed by atoms with E-state index in [0.717, 1.165) is 27.5 Å². The Kier molecular flexibility index (Phi) is 4.56. The van der Waals surface area contributed by atoms with Gasteiger partial charge in [0.2, 0.25) is 0 Å². The Labute approximate surface area is 161 Å². The molecule has 0 aliphatic heterocycles. The highest BCUT2D eigenvalue weighted by Crippen LogP contribution is 2.38. The average molecular weight is 374 g/mol. The minimum absolute atomic E-state index is 0.159. The maximum atomic E-state index is 12.7. The van der Waals surface area contributed by atoms with Crippen molar-refractivity contribution in [2.24, 2.45) is 7.05 Å². The highest BCUT2D eigenvalue weighted by atomic mass is 32.1. The Hall–Kier alpha value is -3.25. The summed E-state index contributed by atoms with van der Waals surface area (Å²) in [6.07, 6.45) is 3.66. The van der Waals surface area contributed by atoms with Gasteiger partial charge in [-0.25, -0.2) is 9.97 Å². The SMILES string of the molecule is Cc1ccccc1C(=O)Nc1nc(-c2ccccc2)c(-c2nccn2C)s1. The number of benzene rings is 2. The van der Waals surface area contributed by atoms with Gasteiger partial charge in [0.25, 0.3) is 5.91 Å². The number of amides is 1. The lowest BCUT2D eigenvalue weighted by molar-refractivity contribution is 0.102. The zero-order valence-electron chi connectivity index (χ0n) is 15.0. The van der Waals surface area contributed by atoms with E-state index in [2.05, 4.69) is 10.3 Å². The Bertz CT molecular complexity index is 1100. The zero-order chi connectivity index (χ0) is 18.8. The van der Waals surface area contributed by atoms with Crippen LogP contribution >= 0.6 is 11.3 Å². The minimum Gasteiger partial charge on any atom is -0.333 e. The van der Waals surface area contributed by atoms with Gasteiger partial charge in [0.15, 0.2) is 11.0 Å². The number of hydrogen-bond acceptors (Lipinski definition) is 4. The smallest absolute Gasteiger partial charge is 0.257 e. The largest absolute Gasteiger partial charge is 0.333 e. The zero-order valence-corrected chi connectivity index (χ0v) is 15.8. The number of nitrogens with one attached hydrogen (secondary N) is 1. The van der Waals surface area contributed by atoms with Crippen LogP contribution in [0, 0.1) is 6.92 Å². The van der Waals surface area contributed by atoms with Gasteiger partial charge in [-0.05, 0) is 18.6 Å². The van der Waals surface area contributed by atoms with Gasteiger partial charge in [0, 0.05) is 30.6 Å². The van der Waals surface area contributed by atoms with Crippen LogP contribution in [0.1, 0.15) is 15.9 Å². The summed E-state index contributed by atoms with van der Waals surface area (Å²) in [5.74, 6) is 0.663.